The summed E-state index contributed by atoms with van der Waals surface area (Å²) in [6.45, 7) is 1.89. The lowest BCUT2D eigenvalue weighted by Crippen LogP contribution is -2.30. The van der Waals surface area contributed by atoms with Crippen LogP contribution < -0.4 is 5.32 Å². The molecule has 0 bridgehead atoms. The van der Waals surface area contributed by atoms with E-state index in [4.69, 9.17) is 0 Å². The van der Waals surface area contributed by atoms with E-state index >= 15 is 0 Å². The van der Waals surface area contributed by atoms with Crippen LogP contribution in [0.25, 0.3) is 0 Å². The van der Waals surface area contributed by atoms with Gasteiger partial charge in [0.25, 0.3) is 0 Å². The Kier molecular flexibility index (Phi) is 2.64. The second-order valence-corrected chi connectivity index (χ2v) is 4.06. The third kappa shape index (κ3) is 1.76. The highest BCUT2D eigenvalue weighted by Gasteiger charge is 2.19. The summed E-state index contributed by atoms with van der Waals surface area (Å²) in [4.78, 5) is 0. The quantitative estimate of drug-likeness (QED) is 0.819. The van der Waals surface area contributed by atoms with Crippen molar-refractivity contribution in [1.82, 2.24) is 15.1 Å². The fraction of sp³-hybridized carbons (Fsp3) is 0.625. The van der Waals surface area contributed by atoms with Crippen LogP contribution in [-0.2, 0) is 0 Å². The molecule has 0 aromatic carbocycles. The molecule has 1 aromatic heterocycles. The minimum absolute atomic E-state index is 0.215. The number of hydrogen-bond acceptors (Lipinski definition) is 2. The molecule has 1 aliphatic heterocycles. The van der Waals surface area contributed by atoms with Crippen molar-refractivity contribution in [3.63, 3.8) is 0 Å². The molecule has 0 radical (unpaired) electrons. The number of nitrogens with zero attached hydrogens (tertiary/aromatic N) is 2. The van der Waals surface area contributed by atoms with Gasteiger partial charge in [-0.1, -0.05) is 0 Å². The normalized spacial score (nSPS) is 19.2. The van der Waals surface area contributed by atoms with E-state index in [0.29, 0.717) is 4.47 Å². The lowest BCUT2D eigenvalue weighted by Gasteiger charge is -2.22. The highest BCUT2D eigenvalue weighted by atomic mass is 79.9. The van der Waals surface area contributed by atoms with Gasteiger partial charge in [-0.05, 0) is 41.9 Å². The first kappa shape index (κ1) is 9.15. The van der Waals surface area contributed by atoms with Gasteiger partial charge in [-0.3, -0.25) is 0 Å². The monoisotopic (exact) mass is 247 g/mol. The van der Waals surface area contributed by atoms with Crippen molar-refractivity contribution in [3.8, 4) is 0 Å². The van der Waals surface area contributed by atoms with Gasteiger partial charge in [0, 0.05) is 0 Å². The van der Waals surface area contributed by atoms with Gasteiger partial charge >= 0.3 is 0 Å². The number of rotatable bonds is 1. The highest BCUT2D eigenvalue weighted by molar-refractivity contribution is 9.10. The van der Waals surface area contributed by atoms with Crippen LogP contribution in [0.15, 0.2) is 10.7 Å². The van der Waals surface area contributed by atoms with Crippen molar-refractivity contribution in [2.45, 2.75) is 18.9 Å². The van der Waals surface area contributed by atoms with E-state index < -0.39 is 0 Å². The lowest BCUT2D eigenvalue weighted by molar-refractivity contribution is 0.303. The molecule has 0 aliphatic carbocycles. The van der Waals surface area contributed by atoms with E-state index in [9.17, 15) is 4.39 Å². The molecular formula is C8H11BrFN3. The van der Waals surface area contributed by atoms with E-state index in [-0.39, 0.29) is 12.0 Å². The Hall–Kier alpha value is -0.420. The smallest absolute Gasteiger partial charge is 0.226 e. The SMILES string of the molecule is Fc1c(Br)cnn1C1CCNCC1. The van der Waals surface area contributed by atoms with E-state index in [1.165, 1.54) is 10.9 Å². The van der Waals surface area contributed by atoms with Crippen molar-refractivity contribution in [1.29, 1.82) is 0 Å². The molecule has 2 heterocycles. The van der Waals surface area contributed by atoms with Crippen molar-refractivity contribution >= 4 is 15.9 Å². The van der Waals surface area contributed by atoms with Crippen LogP contribution in [0.1, 0.15) is 18.9 Å². The Morgan fingerprint density at radius 2 is 2.23 bits per heavy atom. The molecule has 5 heteroatoms. The standard InChI is InChI=1S/C8H11BrFN3/c9-7-5-12-13(8(7)10)6-1-3-11-4-2-6/h5-6,11H,1-4H2. The first-order chi connectivity index (χ1) is 6.29. The molecule has 0 unspecified atom stereocenters. The van der Waals surface area contributed by atoms with Gasteiger partial charge in [0.15, 0.2) is 0 Å². The summed E-state index contributed by atoms with van der Waals surface area (Å²) in [5.74, 6) is -0.257. The number of piperidine rings is 1. The molecule has 1 aromatic rings. The summed E-state index contributed by atoms with van der Waals surface area (Å²) < 4.78 is 15.3. The fourth-order valence-corrected chi connectivity index (χ4v) is 1.91. The van der Waals surface area contributed by atoms with Crippen molar-refractivity contribution in [3.05, 3.63) is 16.6 Å². The molecular weight excluding hydrogens is 237 g/mol. The second kappa shape index (κ2) is 3.75. The van der Waals surface area contributed by atoms with E-state index in [0.717, 1.165) is 25.9 Å². The van der Waals surface area contributed by atoms with Crippen molar-refractivity contribution in [2.24, 2.45) is 0 Å². The first-order valence-corrected chi connectivity index (χ1v) is 5.17. The molecule has 1 saturated heterocycles. The highest BCUT2D eigenvalue weighted by Crippen LogP contribution is 2.23. The largest absolute Gasteiger partial charge is 0.317 e. The van der Waals surface area contributed by atoms with Crippen molar-refractivity contribution in [2.75, 3.05) is 13.1 Å². The van der Waals surface area contributed by atoms with Gasteiger partial charge in [0.1, 0.15) is 0 Å². The molecule has 0 spiro atoms. The van der Waals surface area contributed by atoms with Crippen LogP contribution in [0.4, 0.5) is 4.39 Å². The Labute approximate surface area is 84.4 Å². The van der Waals surface area contributed by atoms with Gasteiger partial charge in [0.2, 0.25) is 5.95 Å². The molecule has 1 N–H and O–H groups in total. The fourth-order valence-electron chi connectivity index (χ4n) is 1.63. The van der Waals surface area contributed by atoms with Crippen LogP contribution in [0.5, 0.6) is 0 Å². The molecule has 0 atom stereocenters. The zero-order valence-electron chi connectivity index (χ0n) is 7.13. The Morgan fingerprint density at radius 3 is 2.77 bits per heavy atom. The maximum Gasteiger partial charge on any atom is 0.226 e. The summed E-state index contributed by atoms with van der Waals surface area (Å²) in [5.41, 5.74) is 0. The summed E-state index contributed by atoms with van der Waals surface area (Å²) in [6, 6.07) is 0.215. The van der Waals surface area contributed by atoms with Gasteiger partial charge in [0.05, 0.1) is 16.7 Å². The topological polar surface area (TPSA) is 29.9 Å². The van der Waals surface area contributed by atoms with E-state index in [1.54, 1.807) is 0 Å². The predicted octanol–water partition coefficient (Wildman–Crippen LogP) is 1.71. The van der Waals surface area contributed by atoms with Crippen LogP contribution in [-0.4, -0.2) is 22.9 Å². The number of nitrogens with one attached hydrogen (secondary N) is 1. The maximum absolute atomic E-state index is 13.4. The average Bonchev–Trinajstić information content (AvgIpc) is 2.49. The van der Waals surface area contributed by atoms with Crippen LogP contribution >= 0.6 is 15.9 Å². The zero-order valence-corrected chi connectivity index (χ0v) is 8.72. The van der Waals surface area contributed by atoms with Crippen LogP contribution in [0.2, 0.25) is 0 Å². The molecule has 0 saturated carbocycles. The van der Waals surface area contributed by atoms with Crippen LogP contribution in [0, 0.1) is 5.95 Å². The van der Waals surface area contributed by atoms with Crippen LogP contribution in [0.3, 0.4) is 0 Å². The Balaban J connectivity index is 2.18. The second-order valence-electron chi connectivity index (χ2n) is 3.21. The van der Waals surface area contributed by atoms with Gasteiger partial charge in [-0.25, -0.2) is 4.68 Å². The zero-order chi connectivity index (χ0) is 9.26. The maximum atomic E-state index is 13.4. The van der Waals surface area contributed by atoms with Crippen molar-refractivity contribution < 1.29 is 4.39 Å². The van der Waals surface area contributed by atoms with E-state index in [2.05, 4.69) is 26.3 Å². The predicted molar refractivity (Wildman–Crippen MR) is 51.0 cm³/mol. The third-order valence-corrected chi connectivity index (χ3v) is 2.88. The summed E-state index contributed by atoms with van der Waals surface area (Å²) >= 11 is 3.11. The minimum Gasteiger partial charge on any atom is -0.317 e. The number of halogens is 2. The van der Waals surface area contributed by atoms with Gasteiger partial charge in [-0.15, -0.1) is 0 Å². The van der Waals surface area contributed by atoms with Gasteiger partial charge < -0.3 is 5.32 Å². The Bertz CT molecular complexity index is 294. The molecule has 3 nitrogen and oxygen atoms in total. The molecule has 1 aliphatic rings. The Morgan fingerprint density at radius 1 is 1.54 bits per heavy atom. The molecule has 1 fully saturated rings. The van der Waals surface area contributed by atoms with E-state index in [1.807, 2.05) is 0 Å². The average molecular weight is 248 g/mol. The summed E-state index contributed by atoms with van der Waals surface area (Å²) in [7, 11) is 0. The number of aromatic nitrogens is 2. The molecule has 13 heavy (non-hydrogen) atoms. The molecule has 72 valence electrons. The minimum atomic E-state index is -0.257. The lowest BCUT2D eigenvalue weighted by atomic mass is 10.1. The number of hydrogen-bond donors (Lipinski definition) is 1. The van der Waals surface area contributed by atoms with Gasteiger partial charge in [-0.2, -0.15) is 9.49 Å². The summed E-state index contributed by atoms with van der Waals surface area (Å²) in [6.07, 6.45) is 3.41. The third-order valence-electron chi connectivity index (χ3n) is 2.35. The molecule has 0 amide bonds. The molecule has 2 rings (SSSR count). The first-order valence-electron chi connectivity index (χ1n) is 4.38. The summed E-state index contributed by atoms with van der Waals surface area (Å²) in [5, 5.41) is 7.24.